The van der Waals surface area contributed by atoms with Crippen molar-refractivity contribution in [2.75, 3.05) is 5.32 Å². The summed E-state index contributed by atoms with van der Waals surface area (Å²) >= 11 is 0. The van der Waals surface area contributed by atoms with Gasteiger partial charge in [-0.2, -0.15) is 0 Å². The molecule has 144 valence electrons. The van der Waals surface area contributed by atoms with E-state index in [1.54, 1.807) is 0 Å². The van der Waals surface area contributed by atoms with E-state index in [-0.39, 0.29) is 12.1 Å². The van der Waals surface area contributed by atoms with Crippen LogP contribution in [0.1, 0.15) is 37.8 Å². The zero-order valence-electron chi connectivity index (χ0n) is 15.9. The van der Waals surface area contributed by atoms with Gasteiger partial charge in [0.05, 0.1) is 6.04 Å². The molecule has 2 N–H and O–H groups in total. The molecule has 1 aromatic heterocycles. The molecular weight excluding hydrogens is 352 g/mol. The van der Waals surface area contributed by atoms with Gasteiger partial charge in [-0.15, -0.1) is 5.10 Å². The average molecular weight is 376 g/mol. The van der Waals surface area contributed by atoms with E-state index in [1.807, 2.05) is 54.1 Å². The number of hydrogen-bond donors (Lipinski definition) is 2. The minimum atomic E-state index is -0.209. The number of nitrogens with one attached hydrogen (secondary N) is 2. The fourth-order valence-corrected chi connectivity index (χ4v) is 3.18. The molecule has 3 aromatic rings. The third kappa shape index (κ3) is 4.54. The monoisotopic (exact) mass is 376 g/mol. The molecule has 1 aliphatic carbocycles. The first-order valence-electron chi connectivity index (χ1n) is 9.69. The van der Waals surface area contributed by atoms with Crippen LogP contribution in [0, 0.1) is 0 Å². The molecule has 2 amide bonds. The molecule has 7 nitrogen and oxygen atoms in total. The van der Waals surface area contributed by atoms with E-state index in [0.29, 0.717) is 6.04 Å². The van der Waals surface area contributed by atoms with Gasteiger partial charge in [0.2, 0.25) is 0 Å². The van der Waals surface area contributed by atoms with Gasteiger partial charge >= 0.3 is 6.03 Å². The van der Waals surface area contributed by atoms with Gasteiger partial charge in [-0.25, -0.2) is 9.48 Å². The van der Waals surface area contributed by atoms with E-state index in [2.05, 4.69) is 38.3 Å². The minimum Gasteiger partial charge on any atom is -0.335 e. The Balaban J connectivity index is 1.33. The van der Waals surface area contributed by atoms with Gasteiger partial charge in [0, 0.05) is 17.3 Å². The Labute approximate surface area is 164 Å². The molecule has 0 spiro atoms. The summed E-state index contributed by atoms with van der Waals surface area (Å²) in [6.45, 7) is 2.02. The number of nitrogens with zero attached hydrogens (tertiary/aromatic N) is 4. The van der Waals surface area contributed by atoms with Crippen LogP contribution in [0.15, 0.2) is 54.6 Å². The highest BCUT2D eigenvalue weighted by Crippen LogP contribution is 2.36. The van der Waals surface area contributed by atoms with Crippen molar-refractivity contribution in [3.63, 3.8) is 0 Å². The summed E-state index contributed by atoms with van der Waals surface area (Å²) in [7, 11) is 0. The zero-order valence-corrected chi connectivity index (χ0v) is 15.9. The highest BCUT2D eigenvalue weighted by molar-refractivity contribution is 5.90. The lowest BCUT2D eigenvalue weighted by Gasteiger charge is -2.15. The number of rotatable bonds is 7. The average Bonchev–Trinajstić information content (AvgIpc) is 3.43. The molecule has 0 saturated heterocycles. The van der Waals surface area contributed by atoms with Gasteiger partial charge < -0.3 is 10.6 Å². The minimum absolute atomic E-state index is 0.0746. The van der Waals surface area contributed by atoms with Crippen molar-refractivity contribution >= 4 is 11.7 Å². The van der Waals surface area contributed by atoms with Crippen molar-refractivity contribution in [2.45, 2.75) is 44.7 Å². The van der Waals surface area contributed by atoms with Crippen LogP contribution in [0.4, 0.5) is 10.5 Å². The van der Waals surface area contributed by atoms with E-state index in [9.17, 15) is 4.79 Å². The van der Waals surface area contributed by atoms with E-state index in [1.165, 1.54) is 5.56 Å². The van der Waals surface area contributed by atoms with Crippen molar-refractivity contribution in [1.82, 2.24) is 25.5 Å². The first kappa shape index (κ1) is 18.2. The highest BCUT2D eigenvalue weighted by Gasteiger charge is 2.28. The Morgan fingerprint density at radius 2 is 2.00 bits per heavy atom. The van der Waals surface area contributed by atoms with Gasteiger partial charge in [0.25, 0.3) is 0 Å². The number of carbonyl (C=O) groups is 1. The first-order chi connectivity index (χ1) is 13.7. The third-order valence-electron chi connectivity index (χ3n) is 4.85. The summed E-state index contributed by atoms with van der Waals surface area (Å²) in [5.41, 5.74) is 2.89. The molecule has 0 aliphatic heterocycles. The van der Waals surface area contributed by atoms with E-state index in [4.69, 9.17) is 0 Å². The number of aryl methyl sites for hydroxylation is 1. The topological polar surface area (TPSA) is 84.7 Å². The van der Waals surface area contributed by atoms with Gasteiger partial charge in [0.15, 0.2) is 5.82 Å². The summed E-state index contributed by atoms with van der Waals surface area (Å²) in [6, 6.07) is 18.2. The summed E-state index contributed by atoms with van der Waals surface area (Å²) in [4.78, 5) is 12.3. The number of carbonyl (C=O) groups excluding carboxylic acids is 1. The quantitative estimate of drug-likeness (QED) is 0.656. The largest absolute Gasteiger partial charge is 0.335 e. The van der Waals surface area contributed by atoms with E-state index < -0.39 is 0 Å². The van der Waals surface area contributed by atoms with Gasteiger partial charge in [-0.1, -0.05) is 42.5 Å². The van der Waals surface area contributed by atoms with Crippen LogP contribution in [0.2, 0.25) is 0 Å². The maximum absolute atomic E-state index is 12.3. The van der Waals surface area contributed by atoms with Gasteiger partial charge in [-0.05, 0) is 60.7 Å². The molecule has 1 heterocycles. The van der Waals surface area contributed by atoms with Crippen LogP contribution in [0.3, 0.4) is 0 Å². The van der Waals surface area contributed by atoms with Gasteiger partial charge in [0.1, 0.15) is 0 Å². The Morgan fingerprint density at radius 3 is 2.79 bits per heavy atom. The second-order valence-corrected chi connectivity index (χ2v) is 7.28. The molecule has 2 aromatic carbocycles. The lowest BCUT2D eigenvalue weighted by atomic mass is 10.1. The maximum atomic E-state index is 12.3. The smallest absolute Gasteiger partial charge is 0.319 e. The van der Waals surface area contributed by atoms with Gasteiger partial charge in [-0.3, -0.25) is 0 Å². The fourth-order valence-electron chi connectivity index (χ4n) is 3.18. The zero-order chi connectivity index (χ0) is 19.3. The van der Waals surface area contributed by atoms with Crippen molar-refractivity contribution < 1.29 is 4.79 Å². The number of tetrazole rings is 1. The van der Waals surface area contributed by atoms with Crippen molar-refractivity contribution in [3.8, 4) is 11.4 Å². The fraction of sp³-hybridized carbons (Fsp3) is 0.333. The Morgan fingerprint density at radius 1 is 1.18 bits per heavy atom. The Bertz CT molecular complexity index is 935. The van der Waals surface area contributed by atoms with Crippen molar-refractivity contribution in [3.05, 3.63) is 60.2 Å². The summed E-state index contributed by atoms with van der Waals surface area (Å²) in [5, 5.41) is 17.9. The van der Waals surface area contributed by atoms with Crippen LogP contribution >= 0.6 is 0 Å². The van der Waals surface area contributed by atoms with Crippen LogP contribution < -0.4 is 10.6 Å². The molecule has 1 atom stereocenters. The summed E-state index contributed by atoms with van der Waals surface area (Å²) in [5.74, 6) is 0.739. The number of aromatic nitrogens is 4. The van der Waals surface area contributed by atoms with Crippen LogP contribution in [-0.4, -0.2) is 32.3 Å². The third-order valence-corrected chi connectivity index (χ3v) is 4.85. The number of benzene rings is 2. The lowest BCUT2D eigenvalue weighted by Crippen LogP contribution is -2.36. The van der Waals surface area contributed by atoms with Crippen molar-refractivity contribution in [1.29, 1.82) is 0 Å². The SMILES string of the molecule is CC(CCc1ccccc1)NC(=O)Nc1cccc(-c2nnnn2C2CC2)c1. The van der Waals surface area contributed by atoms with E-state index >= 15 is 0 Å². The van der Waals surface area contributed by atoms with Crippen LogP contribution in [-0.2, 0) is 6.42 Å². The molecule has 0 radical (unpaired) electrons. The second-order valence-electron chi connectivity index (χ2n) is 7.28. The maximum Gasteiger partial charge on any atom is 0.319 e. The second kappa shape index (κ2) is 8.21. The van der Waals surface area contributed by atoms with Crippen molar-refractivity contribution in [2.24, 2.45) is 0 Å². The summed E-state index contributed by atoms with van der Waals surface area (Å²) in [6.07, 6.45) is 4.04. The standard InChI is InChI=1S/C21H24N6O/c1-15(10-11-16-6-3-2-4-7-16)22-21(28)23-18-9-5-8-17(14-18)20-24-25-26-27(20)19-12-13-19/h2-9,14-15,19H,10-13H2,1H3,(H2,22,23,28). The molecule has 1 saturated carbocycles. The normalized spacial score (nSPS) is 14.5. The van der Waals surface area contributed by atoms with Crippen LogP contribution in [0.25, 0.3) is 11.4 Å². The predicted octanol–water partition coefficient (Wildman–Crippen LogP) is 3.82. The van der Waals surface area contributed by atoms with E-state index in [0.717, 1.165) is 42.8 Å². The lowest BCUT2D eigenvalue weighted by molar-refractivity contribution is 0.248. The summed E-state index contributed by atoms with van der Waals surface area (Å²) < 4.78 is 1.87. The number of urea groups is 1. The molecule has 1 fully saturated rings. The number of hydrogen-bond acceptors (Lipinski definition) is 4. The predicted molar refractivity (Wildman–Crippen MR) is 108 cm³/mol. The molecule has 28 heavy (non-hydrogen) atoms. The molecule has 4 rings (SSSR count). The number of anilines is 1. The van der Waals surface area contributed by atoms with Crippen LogP contribution in [0.5, 0.6) is 0 Å². The molecule has 1 aliphatic rings. The Hall–Kier alpha value is -3.22. The highest BCUT2D eigenvalue weighted by atomic mass is 16.2. The molecule has 1 unspecified atom stereocenters. The molecule has 7 heteroatoms. The molecule has 0 bridgehead atoms. The first-order valence-corrected chi connectivity index (χ1v) is 9.69. The Kier molecular flexibility index (Phi) is 5.32. The molecular formula is C21H24N6O. The number of amides is 2.